The Labute approximate surface area is 154 Å². The summed E-state index contributed by atoms with van der Waals surface area (Å²) >= 11 is 0. The monoisotopic (exact) mass is 350 g/mol. The molecule has 0 spiro atoms. The molecule has 1 aliphatic carbocycles. The largest absolute Gasteiger partial charge is 0.370 e. The van der Waals surface area contributed by atoms with E-state index in [9.17, 15) is 0 Å². The lowest BCUT2D eigenvalue weighted by atomic mass is 9.64. The zero-order valence-electron chi connectivity index (χ0n) is 15.1. The van der Waals surface area contributed by atoms with E-state index in [0.717, 1.165) is 38.7 Å². The number of hydrogen-bond acceptors (Lipinski definition) is 4. The molecule has 2 aromatic rings. The van der Waals surface area contributed by atoms with Crippen LogP contribution in [0.25, 0.3) is 0 Å². The van der Waals surface area contributed by atoms with Gasteiger partial charge in [0.1, 0.15) is 0 Å². The molecule has 6 nitrogen and oxygen atoms in total. The first-order valence-electron chi connectivity index (χ1n) is 9.39. The third kappa shape index (κ3) is 3.36. The molecule has 0 bridgehead atoms. The zero-order chi connectivity index (χ0) is 17.8. The quantitative estimate of drug-likeness (QED) is 0.675. The lowest BCUT2D eigenvalue weighted by molar-refractivity contribution is 0.252. The molecule has 0 amide bonds. The molecule has 2 N–H and O–H groups in total. The standard InChI is InChI=1S/C20H26N6/c21-18(24-16-20(8-4-9-20)17-6-2-1-3-7-17)25-12-14-26(15-13-25)19-22-10-5-11-23-19/h1-3,5-7,10-11H,4,8-9,12-16H2,(H2,21,24). The van der Waals surface area contributed by atoms with E-state index < -0.39 is 0 Å². The van der Waals surface area contributed by atoms with Crippen LogP contribution in [0.1, 0.15) is 24.8 Å². The topological polar surface area (TPSA) is 70.6 Å². The summed E-state index contributed by atoms with van der Waals surface area (Å²) in [5.74, 6) is 1.46. The molecule has 0 unspecified atom stereocenters. The van der Waals surface area contributed by atoms with Crippen molar-refractivity contribution in [1.82, 2.24) is 14.9 Å². The number of nitrogens with two attached hydrogens (primary N) is 1. The van der Waals surface area contributed by atoms with E-state index in [1.54, 1.807) is 12.4 Å². The van der Waals surface area contributed by atoms with Crippen molar-refractivity contribution in [3.63, 3.8) is 0 Å². The van der Waals surface area contributed by atoms with Gasteiger partial charge in [-0.15, -0.1) is 0 Å². The minimum absolute atomic E-state index is 0.186. The maximum atomic E-state index is 6.32. The second kappa shape index (κ2) is 7.32. The average Bonchev–Trinajstić information content (AvgIpc) is 2.69. The molecule has 1 aromatic carbocycles. The maximum absolute atomic E-state index is 6.32. The fourth-order valence-electron chi connectivity index (χ4n) is 3.86. The molecule has 2 aliphatic rings. The average molecular weight is 350 g/mol. The van der Waals surface area contributed by atoms with Gasteiger partial charge < -0.3 is 15.5 Å². The van der Waals surface area contributed by atoms with E-state index >= 15 is 0 Å². The lowest BCUT2D eigenvalue weighted by Crippen LogP contribution is -2.52. The summed E-state index contributed by atoms with van der Waals surface area (Å²) in [7, 11) is 0. The number of benzene rings is 1. The van der Waals surface area contributed by atoms with E-state index in [0.29, 0.717) is 5.96 Å². The summed E-state index contributed by atoms with van der Waals surface area (Å²) in [4.78, 5) is 17.8. The second-order valence-corrected chi connectivity index (χ2v) is 7.20. The van der Waals surface area contributed by atoms with Crippen molar-refractivity contribution in [2.45, 2.75) is 24.7 Å². The summed E-state index contributed by atoms with van der Waals surface area (Å²) < 4.78 is 0. The number of aliphatic imine (C=N–C) groups is 1. The molecule has 0 atom stereocenters. The Morgan fingerprint density at radius 3 is 2.31 bits per heavy atom. The van der Waals surface area contributed by atoms with Gasteiger partial charge in [-0.2, -0.15) is 0 Å². The Hall–Kier alpha value is -2.63. The highest BCUT2D eigenvalue weighted by molar-refractivity contribution is 5.78. The van der Waals surface area contributed by atoms with Gasteiger partial charge in [-0.3, -0.25) is 4.99 Å². The van der Waals surface area contributed by atoms with Gasteiger partial charge in [0, 0.05) is 44.0 Å². The van der Waals surface area contributed by atoms with Crippen LogP contribution in [0.2, 0.25) is 0 Å². The maximum Gasteiger partial charge on any atom is 0.225 e. The SMILES string of the molecule is NC(=NCC1(c2ccccc2)CCC1)N1CCN(c2ncccn2)CC1. The number of nitrogens with zero attached hydrogens (tertiary/aromatic N) is 5. The fourth-order valence-corrected chi connectivity index (χ4v) is 3.86. The number of guanidine groups is 1. The van der Waals surface area contributed by atoms with E-state index in [2.05, 4.69) is 50.1 Å². The van der Waals surface area contributed by atoms with Crippen molar-refractivity contribution < 1.29 is 0 Å². The molecule has 1 saturated carbocycles. The predicted octanol–water partition coefficient (Wildman–Crippen LogP) is 2.04. The summed E-state index contributed by atoms with van der Waals surface area (Å²) in [5, 5.41) is 0. The number of piperazine rings is 1. The third-order valence-electron chi connectivity index (χ3n) is 5.68. The van der Waals surface area contributed by atoms with Crippen molar-refractivity contribution in [1.29, 1.82) is 0 Å². The lowest BCUT2D eigenvalue weighted by Gasteiger charge is -2.42. The molecule has 2 fully saturated rings. The number of anilines is 1. The first-order valence-corrected chi connectivity index (χ1v) is 9.39. The zero-order valence-corrected chi connectivity index (χ0v) is 15.1. The van der Waals surface area contributed by atoms with Gasteiger partial charge in [0.05, 0.1) is 6.54 Å². The van der Waals surface area contributed by atoms with Crippen LogP contribution in [0, 0.1) is 0 Å². The molecule has 26 heavy (non-hydrogen) atoms. The fraction of sp³-hybridized carbons (Fsp3) is 0.450. The normalized spacial score (nSPS) is 19.9. The van der Waals surface area contributed by atoms with Crippen molar-refractivity contribution >= 4 is 11.9 Å². The number of hydrogen-bond donors (Lipinski definition) is 1. The highest BCUT2D eigenvalue weighted by Crippen LogP contribution is 2.43. The Morgan fingerprint density at radius 1 is 1.00 bits per heavy atom. The molecule has 6 heteroatoms. The molecule has 2 heterocycles. The van der Waals surface area contributed by atoms with Crippen LogP contribution < -0.4 is 10.6 Å². The van der Waals surface area contributed by atoms with Gasteiger partial charge in [-0.05, 0) is 24.5 Å². The van der Waals surface area contributed by atoms with Gasteiger partial charge in [0.2, 0.25) is 5.95 Å². The highest BCUT2D eigenvalue weighted by Gasteiger charge is 2.38. The highest BCUT2D eigenvalue weighted by atomic mass is 15.4. The van der Waals surface area contributed by atoms with Crippen LogP contribution in [-0.2, 0) is 5.41 Å². The minimum atomic E-state index is 0.186. The number of rotatable bonds is 4. The van der Waals surface area contributed by atoms with Crippen molar-refractivity contribution in [3.8, 4) is 0 Å². The van der Waals surface area contributed by atoms with Gasteiger partial charge in [-0.1, -0.05) is 36.8 Å². The predicted molar refractivity (Wildman–Crippen MR) is 104 cm³/mol. The van der Waals surface area contributed by atoms with Crippen LogP contribution in [0.15, 0.2) is 53.8 Å². The van der Waals surface area contributed by atoms with Gasteiger partial charge in [0.15, 0.2) is 5.96 Å². The van der Waals surface area contributed by atoms with Crippen LogP contribution in [0.3, 0.4) is 0 Å². The van der Waals surface area contributed by atoms with Gasteiger partial charge in [0.25, 0.3) is 0 Å². The van der Waals surface area contributed by atoms with Crippen LogP contribution in [0.5, 0.6) is 0 Å². The first-order chi connectivity index (χ1) is 12.8. The van der Waals surface area contributed by atoms with E-state index in [-0.39, 0.29) is 5.41 Å². The van der Waals surface area contributed by atoms with Gasteiger partial charge in [-0.25, -0.2) is 9.97 Å². The number of aromatic nitrogens is 2. The molecule has 4 rings (SSSR count). The molecule has 136 valence electrons. The summed E-state index contributed by atoms with van der Waals surface area (Å²) in [6.45, 7) is 4.22. The molecule has 1 saturated heterocycles. The van der Waals surface area contributed by atoms with E-state index in [1.807, 2.05) is 6.07 Å². The molecule has 1 aromatic heterocycles. The Bertz CT molecular complexity index is 733. The first kappa shape index (κ1) is 16.8. The second-order valence-electron chi connectivity index (χ2n) is 7.20. The van der Waals surface area contributed by atoms with Crippen LogP contribution >= 0.6 is 0 Å². The smallest absolute Gasteiger partial charge is 0.225 e. The van der Waals surface area contributed by atoms with Gasteiger partial charge >= 0.3 is 0 Å². The summed E-state index contributed by atoms with van der Waals surface area (Å²) in [6.07, 6.45) is 7.25. The Kier molecular flexibility index (Phi) is 4.73. The summed E-state index contributed by atoms with van der Waals surface area (Å²) in [5.41, 5.74) is 7.91. The molecular formula is C20H26N6. The van der Waals surface area contributed by atoms with E-state index in [4.69, 9.17) is 10.7 Å². The molecule has 1 aliphatic heterocycles. The van der Waals surface area contributed by atoms with Crippen LogP contribution in [-0.4, -0.2) is 53.6 Å². The van der Waals surface area contributed by atoms with Crippen molar-refractivity contribution in [3.05, 3.63) is 54.4 Å². The third-order valence-corrected chi connectivity index (χ3v) is 5.68. The van der Waals surface area contributed by atoms with E-state index in [1.165, 1.54) is 24.8 Å². The Morgan fingerprint density at radius 2 is 1.69 bits per heavy atom. The summed E-state index contributed by atoms with van der Waals surface area (Å²) in [6, 6.07) is 12.6. The van der Waals surface area contributed by atoms with Crippen molar-refractivity contribution in [2.75, 3.05) is 37.6 Å². The Balaban J connectivity index is 1.37. The van der Waals surface area contributed by atoms with Crippen LogP contribution in [0.4, 0.5) is 5.95 Å². The molecular weight excluding hydrogens is 324 g/mol. The van der Waals surface area contributed by atoms with Crippen molar-refractivity contribution in [2.24, 2.45) is 10.7 Å². The minimum Gasteiger partial charge on any atom is -0.370 e. The molecule has 0 radical (unpaired) electrons.